The summed E-state index contributed by atoms with van der Waals surface area (Å²) in [7, 11) is 0. The zero-order valence-corrected chi connectivity index (χ0v) is 8.42. The zero-order valence-electron chi connectivity index (χ0n) is 8.42. The predicted molar refractivity (Wildman–Crippen MR) is 57.0 cm³/mol. The van der Waals surface area contributed by atoms with Crippen LogP contribution in [-0.2, 0) is 0 Å². The molecule has 0 unspecified atom stereocenters. The van der Waals surface area contributed by atoms with Crippen LogP contribution < -0.4 is 0 Å². The summed E-state index contributed by atoms with van der Waals surface area (Å²) in [4.78, 5) is 0. The molecule has 0 aromatic rings. The van der Waals surface area contributed by atoms with Crippen LogP contribution in [0.5, 0.6) is 0 Å². The lowest BCUT2D eigenvalue weighted by Gasteiger charge is -1.92. The van der Waals surface area contributed by atoms with Gasteiger partial charge in [0.15, 0.2) is 0 Å². The molecule has 0 nitrogen and oxygen atoms in total. The average Bonchev–Trinajstić information content (AvgIpc) is 2.10. The van der Waals surface area contributed by atoms with Gasteiger partial charge >= 0.3 is 0 Å². The Balaban J connectivity index is 3.07. The Morgan fingerprint density at radius 1 is 0.917 bits per heavy atom. The van der Waals surface area contributed by atoms with Crippen molar-refractivity contribution in [1.29, 1.82) is 0 Å². The lowest BCUT2D eigenvalue weighted by Crippen LogP contribution is -1.72. The lowest BCUT2D eigenvalue weighted by atomic mass is 10.1. The van der Waals surface area contributed by atoms with Crippen molar-refractivity contribution in [1.82, 2.24) is 0 Å². The molecule has 0 heterocycles. The average molecular weight is 165 g/mol. The van der Waals surface area contributed by atoms with Crippen LogP contribution in [0.1, 0.15) is 46.0 Å². The standard InChI is InChI=1S/C12H21/c1-3-5-7-9-11-12-10-8-6-4-2/h3,5,7,9,11H,4,6,8,10,12H2,1-2H3. The molecule has 0 amide bonds. The number of unbranched alkanes of at least 4 members (excludes halogenated alkanes) is 4. The van der Waals surface area contributed by atoms with Crippen molar-refractivity contribution in [2.75, 3.05) is 0 Å². The SMILES string of the molecule is C[CH]C=CC=CCCCCCC. The van der Waals surface area contributed by atoms with Crippen LogP contribution in [0.25, 0.3) is 0 Å². The third-order valence-corrected chi connectivity index (χ3v) is 1.78. The van der Waals surface area contributed by atoms with Gasteiger partial charge in [-0.25, -0.2) is 0 Å². The molecular formula is C12H21. The van der Waals surface area contributed by atoms with Crippen LogP contribution >= 0.6 is 0 Å². The van der Waals surface area contributed by atoms with Gasteiger partial charge in [0.05, 0.1) is 0 Å². The normalized spacial score (nSPS) is 11.8. The summed E-state index contributed by atoms with van der Waals surface area (Å²) in [6.07, 6.45) is 17.2. The van der Waals surface area contributed by atoms with E-state index in [4.69, 9.17) is 0 Å². The van der Waals surface area contributed by atoms with Crippen molar-refractivity contribution in [3.05, 3.63) is 30.7 Å². The summed E-state index contributed by atoms with van der Waals surface area (Å²) in [5.74, 6) is 0. The molecule has 0 saturated carbocycles. The first-order chi connectivity index (χ1) is 5.91. The van der Waals surface area contributed by atoms with Crippen molar-refractivity contribution in [2.24, 2.45) is 0 Å². The van der Waals surface area contributed by atoms with E-state index in [1.807, 2.05) is 13.3 Å². The van der Waals surface area contributed by atoms with E-state index in [9.17, 15) is 0 Å². The van der Waals surface area contributed by atoms with E-state index in [-0.39, 0.29) is 0 Å². The number of hydrogen-bond acceptors (Lipinski definition) is 0. The number of hydrogen-bond donors (Lipinski definition) is 0. The van der Waals surface area contributed by atoms with E-state index in [2.05, 4.69) is 31.2 Å². The second-order valence-electron chi connectivity index (χ2n) is 3.00. The molecule has 0 rings (SSSR count). The van der Waals surface area contributed by atoms with Gasteiger partial charge in [0.1, 0.15) is 0 Å². The minimum absolute atomic E-state index is 1.23. The van der Waals surface area contributed by atoms with Gasteiger partial charge < -0.3 is 0 Å². The van der Waals surface area contributed by atoms with Gasteiger partial charge in [0.2, 0.25) is 0 Å². The van der Waals surface area contributed by atoms with Crippen LogP contribution in [0.15, 0.2) is 24.3 Å². The van der Waals surface area contributed by atoms with E-state index in [0.717, 1.165) is 0 Å². The molecular weight excluding hydrogens is 144 g/mol. The highest BCUT2D eigenvalue weighted by atomic mass is 13.9. The third kappa shape index (κ3) is 9.48. The molecule has 0 heteroatoms. The van der Waals surface area contributed by atoms with Gasteiger partial charge in [0, 0.05) is 0 Å². The summed E-state index contributed by atoms with van der Waals surface area (Å²) >= 11 is 0. The first-order valence-corrected chi connectivity index (χ1v) is 5.03. The van der Waals surface area contributed by atoms with Crippen LogP contribution in [0.2, 0.25) is 0 Å². The van der Waals surface area contributed by atoms with Gasteiger partial charge in [-0.3, -0.25) is 0 Å². The summed E-state index contributed by atoms with van der Waals surface area (Å²) in [6.45, 7) is 4.28. The van der Waals surface area contributed by atoms with Gasteiger partial charge in [-0.05, 0) is 19.3 Å². The monoisotopic (exact) mass is 165 g/mol. The zero-order chi connectivity index (χ0) is 9.07. The Bertz CT molecular complexity index is 120. The van der Waals surface area contributed by atoms with Gasteiger partial charge in [-0.15, -0.1) is 0 Å². The van der Waals surface area contributed by atoms with Crippen molar-refractivity contribution >= 4 is 0 Å². The fourth-order valence-electron chi connectivity index (χ4n) is 1.04. The van der Waals surface area contributed by atoms with Gasteiger partial charge in [0.25, 0.3) is 0 Å². The second kappa shape index (κ2) is 10.5. The molecule has 0 fully saturated rings. The van der Waals surface area contributed by atoms with Crippen molar-refractivity contribution in [3.8, 4) is 0 Å². The van der Waals surface area contributed by atoms with Gasteiger partial charge in [-0.2, -0.15) is 0 Å². The van der Waals surface area contributed by atoms with E-state index in [0.29, 0.717) is 0 Å². The number of allylic oxidation sites excluding steroid dienone is 4. The topological polar surface area (TPSA) is 0 Å². The van der Waals surface area contributed by atoms with E-state index in [1.54, 1.807) is 0 Å². The van der Waals surface area contributed by atoms with Crippen LogP contribution in [0.3, 0.4) is 0 Å². The van der Waals surface area contributed by atoms with Crippen LogP contribution in [0.4, 0.5) is 0 Å². The summed E-state index contributed by atoms with van der Waals surface area (Å²) < 4.78 is 0. The molecule has 0 atom stereocenters. The molecule has 12 heavy (non-hydrogen) atoms. The number of rotatable bonds is 7. The van der Waals surface area contributed by atoms with E-state index >= 15 is 0 Å². The first kappa shape index (κ1) is 11.5. The molecule has 69 valence electrons. The molecule has 0 aromatic heterocycles. The maximum atomic E-state index is 2.25. The van der Waals surface area contributed by atoms with Crippen LogP contribution in [-0.4, -0.2) is 0 Å². The summed E-state index contributed by atoms with van der Waals surface area (Å²) in [5.41, 5.74) is 0. The molecule has 0 aliphatic rings. The van der Waals surface area contributed by atoms with E-state index < -0.39 is 0 Å². The Kier molecular flexibility index (Phi) is 10.0. The molecule has 0 saturated heterocycles. The van der Waals surface area contributed by atoms with Crippen molar-refractivity contribution in [3.63, 3.8) is 0 Å². The largest absolute Gasteiger partial charge is 0.0845 e. The maximum absolute atomic E-state index is 2.25. The predicted octanol–water partition coefficient (Wildman–Crippen LogP) is 4.29. The van der Waals surface area contributed by atoms with Crippen LogP contribution in [0, 0.1) is 6.42 Å². The molecule has 0 bridgehead atoms. The second-order valence-corrected chi connectivity index (χ2v) is 3.00. The Morgan fingerprint density at radius 2 is 1.75 bits per heavy atom. The Hall–Kier alpha value is -0.520. The van der Waals surface area contributed by atoms with Crippen molar-refractivity contribution < 1.29 is 0 Å². The smallest absolute Gasteiger partial charge is 0.0198 e. The Morgan fingerprint density at radius 3 is 2.42 bits per heavy atom. The molecule has 0 aliphatic heterocycles. The molecule has 1 radical (unpaired) electrons. The highest BCUT2D eigenvalue weighted by Crippen LogP contribution is 2.02. The fourth-order valence-corrected chi connectivity index (χ4v) is 1.04. The van der Waals surface area contributed by atoms with E-state index in [1.165, 1.54) is 32.1 Å². The molecule has 0 N–H and O–H groups in total. The highest BCUT2D eigenvalue weighted by molar-refractivity contribution is 5.06. The fraction of sp³-hybridized carbons (Fsp3) is 0.583. The minimum Gasteiger partial charge on any atom is -0.0845 e. The summed E-state index contributed by atoms with van der Waals surface area (Å²) in [6, 6.07) is 0. The lowest BCUT2D eigenvalue weighted by molar-refractivity contribution is 0.674. The quantitative estimate of drug-likeness (QED) is 0.390. The minimum atomic E-state index is 1.23. The van der Waals surface area contributed by atoms with Crippen molar-refractivity contribution in [2.45, 2.75) is 46.0 Å². The first-order valence-electron chi connectivity index (χ1n) is 5.03. The molecule has 0 aromatic carbocycles. The molecule has 0 aliphatic carbocycles. The third-order valence-electron chi connectivity index (χ3n) is 1.78. The molecule has 0 spiro atoms. The maximum Gasteiger partial charge on any atom is -0.0198 e. The Labute approximate surface area is 77.4 Å². The highest BCUT2D eigenvalue weighted by Gasteiger charge is 1.82. The summed E-state index contributed by atoms with van der Waals surface area (Å²) in [5, 5.41) is 0. The van der Waals surface area contributed by atoms with Gasteiger partial charge in [-0.1, -0.05) is 57.4 Å².